The number of amides is 1. The molecule has 18 heavy (non-hydrogen) atoms. The Morgan fingerprint density at radius 1 is 1.22 bits per heavy atom. The number of likely N-dealkylation sites (tertiary alicyclic amines) is 1. The quantitative estimate of drug-likeness (QED) is 0.780. The van der Waals surface area contributed by atoms with Crippen molar-refractivity contribution in [2.24, 2.45) is 11.7 Å². The number of rotatable bonds is 4. The lowest BCUT2D eigenvalue weighted by atomic mass is 9.90. The third kappa shape index (κ3) is 3.74. The number of piperidine rings is 1. The molecular formula is C14H21N3O. The molecule has 2 rings (SSSR count). The first-order valence-corrected chi connectivity index (χ1v) is 6.48. The van der Waals surface area contributed by atoms with Crippen LogP contribution in [0, 0.1) is 5.92 Å². The summed E-state index contributed by atoms with van der Waals surface area (Å²) < 4.78 is 0. The Labute approximate surface area is 108 Å². The highest BCUT2D eigenvalue weighted by atomic mass is 16.1. The molecule has 0 aliphatic carbocycles. The smallest absolute Gasteiger partial charge is 0.231 e. The van der Waals surface area contributed by atoms with Crippen molar-refractivity contribution in [2.75, 3.05) is 25.4 Å². The maximum absolute atomic E-state index is 10.8. The van der Waals surface area contributed by atoms with Gasteiger partial charge in [0.05, 0.1) is 6.54 Å². The number of benzene rings is 1. The fourth-order valence-electron chi connectivity index (χ4n) is 2.56. The average molecular weight is 247 g/mol. The first-order chi connectivity index (χ1) is 8.63. The first-order valence-electron chi connectivity index (χ1n) is 6.48. The normalized spacial score (nSPS) is 17.8. The standard InChI is InChI=1S/C14H21N3O/c15-13-3-1-11(2-4-13)9-12-5-7-17(8-6-12)10-14(16)18/h1-4,12H,5-10,15H2,(H2,16,18). The second-order valence-corrected chi connectivity index (χ2v) is 5.13. The van der Waals surface area contributed by atoms with E-state index >= 15 is 0 Å². The fraction of sp³-hybridized carbons (Fsp3) is 0.500. The van der Waals surface area contributed by atoms with Gasteiger partial charge in [-0.05, 0) is 56.0 Å². The van der Waals surface area contributed by atoms with E-state index < -0.39 is 0 Å². The summed E-state index contributed by atoms with van der Waals surface area (Å²) in [4.78, 5) is 13.0. The van der Waals surface area contributed by atoms with E-state index in [2.05, 4.69) is 17.0 Å². The van der Waals surface area contributed by atoms with Gasteiger partial charge in [-0.2, -0.15) is 0 Å². The molecule has 98 valence electrons. The van der Waals surface area contributed by atoms with Crippen LogP contribution in [0.3, 0.4) is 0 Å². The third-order valence-corrected chi connectivity index (χ3v) is 3.59. The number of primary amides is 1. The molecule has 0 aromatic heterocycles. The van der Waals surface area contributed by atoms with E-state index in [-0.39, 0.29) is 5.91 Å². The Bertz CT molecular complexity index is 394. The zero-order valence-electron chi connectivity index (χ0n) is 10.6. The van der Waals surface area contributed by atoms with Gasteiger partial charge in [0.25, 0.3) is 0 Å². The molecule has 0 saturated carbocycles. The summed E-state index contributed by atoms with van der Waals surface area (Å²) in [5.74, 6) is 0.477. The molecule has 1 fully saturated rings. The van der Waals surface area contributed by atoms with Gasteiger partial charge in [-0.3, -0.25) is 9.69 Å². The van der Waals surface area contributed by atoms with Gasteiger partial charge in [-0.1, -0.05) is 12.1 Å². The molecule has 4 nitrogen and oxygen atoms in total. The van der Waals surface area contributed by atoms with Gasteiger partial charge in [-0.25, -0.2) is 0 Å². The largest absolute Gasteiger partial charge is 0.399 e. The third-order valence-electron chi connectivity index (χ3n) is 3.59. The summed E-state index contributed by atoms with van der Waals surface area (Å²) >= 11 is 0. The number of nitrogens with two attached hydrogens (primary N) is 2. The van der Waals surface area contributed by atoms with E-state index in [0.29, 0.717) is 12.5 Å². The molecule has 1 amide bonds. The van der Waals surface area contributed by atoms with Crippen LogP contribution in [0.4, 0.5) is 5.69 Å². The molecule has 1 saturated heterocycles. The molecule has 1 aromatic carbocycles. The van der Waals surface area contributed by atoms with Crippen molar-refractivity contribution >= 4 is 11.6 Å². The van der Waals surface area contributed by atoms with E-state index in [9.17, 15) is 4.79 Å². The van der Waals surface area contributed by atoms with Crippen LogP contribution in [0.1, 0.15) is 18.4 Å². The lowest BCUT2D eigenvalue weighted by Gasteiger charge is -2.31. The lowest BCUT2D eigenvalue weighted by molar-refractivity contribution is -0.119. The highest BCUT2D eigenvalue weighted by molar-refractivity contribution is 5.75. The van der Waals surface area contributed by atoms with Crippen molar-refractivity contribution in [1.29, 1.82) is 0 Å². The molecule has 0 atom stereocenters. The zero-order valence-corrected chi connectivity index (χ0v) is 10.6. The topological polar surface area (TPSA) is 72.4 Å². The Morgan fingerprint density at radius 3 is 2.39 bits per heavy atom. The molecule has 0 bridgehead atoms. The lowest BCUT2D eigenvalue weighted by Crippen LogP contribution is -2.39. The zero-order chi connectivity index (χ0) is 13.0. The number of nitrogens with zero attached hydrogens (tertiary/aromatic N) is 1. The SMILES string of the molecule is NC(=O)CN1CCC(Cc2ccc(N)cc2)CC1. The molecule has 0 spiro atoms. The second kappa shape index (κ2) is 5.87. The number of hydrogen-bond donors (Lipinski definition) is 2. The van der Waals surface area contributed by atoms with Gasteiger partial charge < -0.3 is 11.5 Å². The average Bonchev–Trinajstić information content (AvgIpc) is 2.34. The summed E-state index contributed by atoms with van der Waals surface area (Å²) in [5.41, 5.74) is 13.0. The van der Waals surface area contributed by atoms with Crippen molar-refractivity contribution in [3.63, 3.8) is 0 Å². The molecule has 1 aromatic rings. The van der Waals surface area contributed by atoms with E-state index in [1.807, 2.05) is 12.1 Å². The summed E-state index contributed by atoms with van der Waals surface area (Å²) in [7, 11) is 0. The molecular weight excluding hydrogens is 226 g/mol. The Morgan fingerprint density at radius 2 is 1.83 bits per heavy atom. The molecule has 0 unspecified atom stereocenters. The Balaban J connectivity index is 1.79. The van der Waals surface area contributed by atoms with E-state index in [0.717, 1.165) is 38.0 Å². The van der Waals surface area contributed by atoms with Crippen LogP contribution in [0.15, 0.2) is 24.3 Å². The highest BCUT2D eigenvalue weighted by Crippen LogP contribution is 2.21. The summed E-state index contributed by atoms with van der Waals surface area (Å²) in [6, 6.07) is 8.12. The maximum atomic E-state index is 10.8. The minimum Gasteiger partial charge on any atom is -0.399 e. The molecule has 4 heteroatoms. The van der Waals surface area contributed by atoms with Crippen LogP contribution in [0.5, 0.6) is 0 Å². The van der Waals surface area contributed by atoms with Crippen LogP contribution in [0.25, 0.3) is 0 Å². The summed E-state index contributed by atoms with van der Waals surface area (Å²) in [5, 5.41) is 0. The fourth-order valence-corrected chi connectivity index (χ4v) is 2.56. The van der Waals surface area contributed by atoms with E-state index in [1.165, 1.54) is 5.56 Å². The van der Waals surface area contributed by atoms with Crippen molar-refractivity contribution < 1.29 is 4.79 Å². The predicted molar refractivity (Wildman–Crippen MR) is 72.9 cm³/mol. The second-order valence-electron chi connectivity index (χ2n) is 5.13. The number of nitrogen functional groups attached to an aromatic ring is 1. The highest BCUT2D eigenvalue weighted by Gasteiger charge is 2.20. The van der Waals surface area contributed by atoms with Crippen molar-refractivity contribution in [2.45, 2.75) is 19.3 Å². The van der Waals surface area contributed by atoms with Gasteiger partial charge in [0.2, 0.25) is 5.91 Å². The van der Waals surface area contributed by atoms with Gasteiger partial charge in [-0.15, -0.1) is 0 Å². The van der Waals surface area contributed by atoms with E-state index in [4.69, 9.17) is 11.5 Å². The number of anilines is 1. The number of hydrogen-bond acceptors (Lipinski definition) is 3. The number of carbonyl (C=O) groups excluding carboxylic acids is 1. The molecule has 1 heterocycles. The van der Waals surface area contributed by atoms with Crippen LogP contribution in [0.2, 0.25) is 0 Å². The van der Waals surface area contributed by atoms with Gasteiger partial charge >= 0.3 is 0 Å². The molecule has 4 N–H and O–H groups in total. The molecule has 0 radical (unpaired) electrons. The maximum Gasteiger partial charge on any atom is 0.231 e. The van der Waals surface area contributed by atoms with Crippen molar-refractivity contribution in [3.05, 3.63) is 29.8 Å². The van der Waals surface area contributed by atoms with Crippen molar-refractivity contribution in [3.8, 4) is 0 Å². The van der Waals surface area contributed by atoms with E-state index in [1.54, 1.807) is 0 Å². The van der Waals surface area contributed by atoms with Crippen LogP contribution >= 0.6 is 0 Å². The predicted octanol–water partition coefficient (Wildman–Crippen LogP) is 1.01. The first kappa shape index (κ1) is 12.9. The van der Waals surface area contributed by atoms with Crippen LogP contribution in [-0.4, -0.2) is 30.4 Å². The monoisotopic (exact) mass is 247 g/mol. The van der Waals surface area contributed by atoms with Crippen LogP contribution < -0.4 is 11.5 Å². The Kier molecular flexibility index (Phi) is 4.20. The minimum atomic E-state index is -0.230. The van der Waals surface area contributed by atoms with Gasteiger partial charge in [0.1, 0.15) is 0 Å². The van der Waals surface area contributed by atoms with Gasteiger partial charge in [0, 0.05) is 5.69 Å². The summed E-state index contributed by atoms with van der Waals surface area (Å²) in [6.07, 6.45) is 3.38. The minimum absolute atomic E-state index is 0.230. The molecule has 1 aliphatic heterocycles. The Hall–Kier alpha value is -1.55. The number of carbonyl (C=O) groups is 1. The molecule has 1 aliphatic rings. The summed E-state index contributed by atoms with van der Waals surface area (Å²) in [6.45, 7) is 2.35. The van der Waals surface area contributed by atoms with Crippen molar-refractivity contribution in [1.82, 2.24) is 4.90 Å². The van der Waals surface area contributed by atoms with Crippen LogP contribution in [-0.2, 0) is 11.2 Å². The van der Waals surface area contributed by atoms with Gasteiger partial charge in [0.15, 0.2) is 0 Å².